The third-order valence-corrected chi connectivity index (χ3v) is 2.43. The Hall–Kier alpha value is -0.980. The highest BCUT2D eigenvalue weighted by atomic mass is 16.5. The molecule has 0 aliphatic rings. The van der Waals surface area contributed by atoms with Crippen LogP contribution in [-0.4, -0.2) is 6.10 Å². The molecule has 1 rings (SSSR count). The SMILES string of the molecule is CCC(C)c1ccc(OC(C)C)cc1. The minimum Gasteiger partial charge on any atom is -0.491 e. The number of hydrogen-bond acceptors (Lipinski definition) is 1. The van der Waals surface area contributed by atoms with Crippen molar-refractivity contribution in [2.75, 3.05) is 0 Å². The molecule has 0 aromatic heterocycles. The highest BCUT2D eigenvalue weighted by Crippen LogP contribution is 2.21. The van der Waals surface area contributed by atoms with Crippen molar-refractivity contribution in [2.24, 2.45) is 0 Å². The fourth-order valence-corrected chi connectivity index (χ4v) is 1.38. The van der Waals surface area contributed by atoms with E-state index < -0.39 is 0 Å². The molecule has 0 bridgehead atoms. The van der Waals surface area contributed by atoms with Crippen molar-refractivity contribution in [1.29, 1.82) is 0 Å². The van der Waals surface area contributed by atoms with Crippen molar-refractivity contribution < 1.29 is 4.74 Å². The molecule has 0 N–H and O–H groups in total. The summed E-state index contributed by atoms with van der Waals surface area (Å²) in [6.07, 6.45) is 1.44. The molecule has 0 saturated carbocycles. The van der Waals surface area contributed by atoms with Gasteiger partial charge in [0.1, 0.15) is 5.75 Å². The van der Waals surface area contributed by atoms with Gasteiger partial charge in [0.2, 0.25) is 0 Å². The van der Waals surface area contributed by atoms with E-state index in [1.54, 1.807) is 0 Å². The van der Waals surface area contributed by atoms with E-state index in [0.29, 0.717) is 5.92 Å². The molecule has 0 amide bonds. The Morgan fingerprint density at radius 1 is 1.07 bits per heavy atom. The maximum absolute atomic E-state index is 5.58. The first-order valence-corrected chi connectivity index (χ1v) is 5.40. The van der Waals surface area contributed by atoms with E-state index >= 15 is 0 Å². The molecule has 0 heterocycles. The topological polar surface area (TPSA) is 9.23 Å². The van der Waals surface area contributed by atoms with Gasteiger partial charge in [0, 0.05) is 0 Å². The lowest BCUT2D eigenvalue weighted by Crippen LogP contribution is -2.05. The van der Waals surface area contributed by atoms with Crippen molar-refractivity contribution >= 4 is 0 Å². The standard InChI is InChI=1S/C13H20O/c1-5-11(4)12-6-8-13(9-7-12)14-10(2)3/h6-11H,5H2,1-4H3. The first-order chi connectivity index (χ1) is 6.63. The Morgan fingerprint density at radius 2 is 1.64 bits per heavy atom. The van der Waals surface area contributed by atoms with Crippen LogP contribution in [0.1, 0.15) is 45.6 Å². The highest BCUT2D eigenvalue weighted by molar-refractivity contribution is 5.29. The molecule has 0 saturated heterocycles. The molecule has 78 valence electrons. The van der Waals surface area contributed by atoms with E-state index in [-0.39, 0.29) is 6.10 Å². The maximum atomic E-state index is 5.58. The molecule has 1 heteroatoms. The van der Waals surface area contributed by atoms with Gasteiger partial charge in [0.05, 0.1) is 6.10 Å². The van der Waals surface area contributed by atoms with Crippen molar-refractivity contribution in [2.45, 2.75) is 46.1 Å². The van der Waals surface area contributed by atoms with Gasteiger partial charge in [-0.1, -0.05) is 26.0 Å². The monoisotopic (exact) mass is 192 g/mol. The summed E-state index contributed by atoms with van der Waals surface area (Å²) in [5.41, 5.74) is 1.39. The van der Waals surface area contributed by atoms with Crippen LogP contribution in [0.4, 0.5) is 0 Å². The molecule has 0 aliphatic carbocycles. The van der Waals surface area contributed by atoms with Gasteiger partial charge in [0.15, 0.2) is 0 Å². The molecule has 1 aromatic carbocycles. The Morgan fingerprint density at radius 3 is 2.07 bits per heavy atom. The van der Waals surface area contributed by atoms with Crippen molar-refractivity contribution in [3.63, 3.8) is 0 Å². The summed E-state index contributed by atoms with van der Waals surface area (Å²) in [6.45, 7) is 8.55. The zero-order valence-corrected chi connectivity index (χ0v) is 9.58. The molecule has 0 fully saturated rings. The van der Waals surface area contributed by atoms with E-state index in [1.165, 1.54) is 12.0 Å². The normalized spacial score (nSPS) is 12.9. The summed E-state index contributed by atoms with van der Waals surface area (Å²) < 4.78 is 5.58. The fourth-order valence-electron chi connectivity index (χ4n) is 1.38. The average molecular weight is 192 g/mol. The van der Waals surface area contributed by atoms with Gasteiger partial charge in [0.25, 0.3) is 0 Å². The summed E-state index contributed by atoms with van der Waals surface area (Å²) in [6, 6.07) is 8.43. The smallest absolute Gasteiger partial charge is 0.119 e. The third-order valence-electron chi connectivity index (χ3n) is 2.43. The van der Waals surface area contributed by atoms with E-state index in [4.69, 9.17) is 4.74 Å². The van der Waals surface area contributed by atoms with E-state index in [1.807, 2.05) is 13.8 Å². The van der Waals surface area contributed by atoms with Crippen LogP contribution in [-0.2, 0) is 0 Å². The van der Waals surface area contributed by atoms with Crippen LogP contribution in [0.2, 0.25) is 0 Å². The first-order valence-electron chi connectivity index (χ1n) is 5.40. The largest absolute Gasteiger partial charge is 0.491 e. The lowest BCUT2D eigenvalue weighted by atomic mass is 9.99. The van der Waals surface area contributed by atoms with Gasteiger partial charge in [-0.2, -0.15) is 0 Å². The van der Waals surface area contributed by atoms with Crippen molar-refractivity contribution in [1.82, 2.24) is 0 Å². The summed E-state index contributed by atoms with van der Waals surface area (Å²) >= 11 is 0. The summed E-state index contributed by atoms with van der Waals surface area (Å²) in [5.74, 6) is 1.61. The molecular formula is C13H20O. The van der Waals surface area contributed by atoms with E-state index in [9.17, 15) is 0 Å². The van der Waals surface area contributed by atoms with Crippen molar-refractivity contribution in [3.05, 3.63) is 29.8 Å². The zero-order valence-electron chi connectivity index (χ0n) is 9.58. The molecule has 1 unspecified atom stereocenters. The molecule has 14 heavy (non-hydrogen) atoms. The van der Waals surface area contributed by atoms with Gasteiger partial charge in [-0.15, -0.1) is 0 Å². The molecule has 0 radical (unpaired) electrons. The Bertz CT molecular complexity index is 261. The Kier molecular flexibility index (Phi) is 3.99. The molecule has 1 atom stereocenters. The minimum atomic E-state index is 0.254. The highest BCUT2D eigenvalue weighted by Gasteiger charge is 2.03. The van der Waals surface area contributed by atoms with Crippen LogP contribution in [0.5, 0.6) is 5.75 Å². The predicted octanol–water partition coefficient (Wildman–Crippen LogP) is 3.99. The second kappa shape index (κ2) is 5.04. The molecular weight excluding hydrogens is 172 g/mol. The van der Waals surface area contributed by atoms with Gasteiger partial charge in [-0.05, 0) is 43.9 Å². The second-order valence-corrected chi connectivity index (χ2v) is 4.04. The number of ether oxygens (including phenoxy) is 1. The average Bonchev–Trinajstić information content (AvgIpc) is 2.17. The Labute approximate surface area is 87.1 Å². The van der Waals surface area contributed by atoms with Crippen LogP contribution in [0.3, 0.4) is 0 Å². The maximum Gasteiger partial charge on any atom is 0.119 e. The minimum absolute atomic E-state index is 0.254. The number of rotatable bonds is 4. The van der Waals surface area contributed by atoms with Gasteiger partial charge in [-0.25, -0.2) is 0 Å². The van der Waals surface area contributed by atoms with Crippen LogP contribution in [0, 0.1) is 0 Å². The van der Waals surface area contributed by atoms with Gasteiger partial charge >= 0.3 is 0 Å². The van der Waals surface area contributed by atoms with Crippen molar-refractivity contribution in [3.8, 4) is 5.75 Å². The summed E-state index contributed by atoms with van der Waals surface area (Å²) in [4.78, 5) is 0. The number of benzene rings is 1. The van der Waals surface area contributed by atoms with Crippen LogP contribution >= 0.6 is 0 Å². The second-order valence-electron chi connectivity index (χ2n) is 4.04. The van der Waals surface area contributed by atoms with Crippen LogP contribution in [0.15, 0.2) is 24.3 Å². The lowest BCUT2D eigenvalue weighted by molar-refractivity contribution is 0.242. The quantitative estimate of drug-likeness (QED) is 0.701. The zero-order chi connectivity index (χ0) is 10.6. The molecule has 0 spiro atoms. The third kappa shape index (κ3) is 3.06. The summed E-state index contributed by atoms with van der Waals surface area (Å²) in [5, 5.41) is 0. The predicted molar refractivity (Wildman–Crippen MR) is 60.9 cm³/mol. The number of hydrogen-bond donors (Lipinski definition) is 0. The summed E-state index contributed by atoms with van der Waals surface area (Å²) in [7, 11) is 0. The van der Waals surface area contributed by atoms with Crippen LogP contribution < -0.4 is 4.74 Å². The molecule has 1 aromatic rings. The fraction of sp³-hybridized carbons (Fsp3) is 0.538. The van der Waals surface area contributed by atoms with Gasteiger partial charge < -0.3 is 4.74 Å². The molecule has 0 aliphatic heterocycles. The molecule has 1 nitrogen and oxygen atoms in total. The van der Waals surface area contributed by atoms with E-state index in [0.717, 1.165) is 5.75 Å². The van der Waals surface area contributed by atoms with Gasteiger partial charge in [-0.3, -0.25) is 0 Å². The Balaban J connectivity index is 2.68. The first kappa shape index (κ1) is 11.1. The van der Waals surface area contributed by atoms with Crippen LogP contribution in [0.25, 0.3) is 0 Å². The van der Waals surface area contributed by atoms with E-state index in [2.05, 4.69) is 38.1 Å². The lowest BCUT2D eigenvalue weighted by Gasteiger charge is -2.12.